The Morgan fingerprint density at radius 2 is 1.12 bits per heavy atom. The van der Waals surface area contributed by atoms with E-state index in [1.807, 2.05) is 0 Å². The normalized spacial score (nSPS) is 12.6. The molecule has 16 heavy (non-hydrogen) atoms. The summed E-state index contributed by atoms with van der Waals surface area (Å²) >= 11 is 0. The van der Waals surface area contributed by atoms with E-state index in [1.54, 1.807) is 0 Å². The molecule has 8 nitrogen and oxygen atoms in total. The third-order valence-electron chi connectivity index (χ3n) is 1.74. The molecule has 0 heterocycles. The first-order chi connectivity index (χ1) is 7.35. The molecule has 0 bridgehead atoms. The van der Waals surface area contributed by atoms with Gasteiger partial charge in [-0.05, 0) is 12.1 Å². The maximum Gasteiger partial charge on any atom is 0.254 e. The van der Waals surface area contributed by atoms with Crippen LogP contribution in [0.3, 0.4) is 0 Å². The van der Waals surface area contributed by atoms with Crippen molar-refractivity contribution in [2.24, 2.45) is 11.7 Å². The molecule has 10 heteroatoms. The molecule has 1 rings (SSSR count). The molecule has 0 spiro atoms. The molecule has 0 aromatic heterocycles. The van der Waals surface area contributed by atoms with Crippen molar-refractivity contribution in [2.75, 3.05) is 0 Å². The number of sulfonamides is 2. The molecule has 0 saturated carbocycles. The van der Waals surface area contributed by atoms with Crippen molar-refractivity contribution in [3.8, 4) is 0 Å². The minimum Gasteiger partial charge on any atom is -0.257 e. The Bertz CT molecular complexity index is 527. The fourth-order valence-corrected chi connectivity index (χ4v) is 3.11. The van der Waals surface area contributed by atoms with Crippen LogP contribution in [0.15, 0.2) is 34.1 Å². The summed E-state index contributed by atoms with van der Waals surface area (Å²) in [4.78, 5) is 2.11. The molecule has 0 saturated heterocycles. The molecule has 0 radical (unpaired) electrons. The Kier molecular flexibility index (Phi) is 3.62. The lowest BCUT2D eigenvalue weighted by molar-refractivity contribution is 0.570. The highest BCUT2D eigenvalue weighted by molar-refractivity contribution is 7.92. The molecule has 0 atom stereocenters. The number of hydrogen-bond acceptors (Lipinski definition) is 6. The van der Waals surface area contributed by atoms with Crippen molar-refractivity contribution in [3.63, 3.8) is 0 Å². The third kappa shape index (κ3) is 2.37. The Labute approximate surface area is 92.7 Å². The molecule has 0 aliphatic heterocycles. The smallest absolute Gasteiger partial charge is 0.254 e. The van der Waals surface area contributed by atoms with Gasteiger partial charge >= 0.3 is 0 Å². The Balaban J connectivity index is 3.57. The van der Waals surface area contributed by atoms with E-state index in [4.69, 9.17) is 11.7 Å². The van der Waals surface area contributed by atoms with Crippen LogP contribution in [0.4, 0.5) is 0 Å². The van der Waals surface area contributed by atoms with Gasteiger partial charge < -0.3 is 0 Å². The largest absolute Gasteiger partial charge is 0.257 e. The Morgan fingerprint density at radius 1 is 0.812 bits per heavy atom. The lowest BCUT2D eigenvalue weighted by Gasteiger charge is -2.08. The van der Waals surface area contributed by atoms with Gasteiger partial charge in [0.2, 0.25) is 0 Å². The summed E-state index contributed by atoms with van der Waals surface area (Å²) in [5.74, 6) is 9.61. The molecule has 0 unspecified atom stereocenters. The number of rotatable bonds is 4. The first-order valence-corrected chi connectivity index (χ1v) is 6.85. The predicted molar refractivity (Wildman–Crippen MR) is 55.5 cm³/mol. The first-order valence-electron chi connectivity index (χ1n) is 3.89. The summed E-state index contributed by atoms with van der Waals surface area (Å²) < 4.78 is 45.7. The molecule has 0 amide bonds. The van der Waals surface area contributed by atoms with Gasteiger partial charge in [-0.3, -0.25) is 11.7 Å². The number of hydrazine groups is 2. The number of hydrogen-bond donors (Lipinski definition) is 4. The van der Waals surface area contributed by atoms with E-state index < -0.39 is 29.8 Å². The standard InChI is InChI=1S/C6H10N4O4S2/c7-9-15(11,12)5-3-1-2-4-6(5)16(13,14)10-8/h1-4,9-10H,7-8H2. The van der Waals surface area contributed by atoms with Crippen molar-refractivity contribution < 1.29 is 16.8 Å². The molecule has 1 aromatic rings. The van der Waals surface area contributed by atoms with Gasteiger partial charge in [0, 0.05) is 0 Å². The molecule has 0 fully saturated rings. The van der Waals surface area contributed by atoms with Crippen molar-refractivity contribution in [1.82, 2.24) is 9.66 Å². The second-order valence-electron chi connectivity index (χ2n) is 2.69. The minimum absolute atomic E-state index is 0.476. The fraction of sp³-hybridized carbons (Fsp3) is 0. The SMILES string of the molecule is NNS(=O)(=O)c1ccccc1S(=O)(=O)NN. The molecule has 90 valence electrons. The van der Waals surface area contributed by atoms with Crippen LogP contribution in [0, 0.1) is 0 Å². The zero-order valence-corrected chi connectivity index (χ0v) is 9.55. The molecule has 0 aliphatic rings. The van der Waals surface area contributed by atoms with Gasteiger partial charge in [0.05, 0.1) is 0 Å². The van der Waals surface area contributed by atoms with Gasteiger partial charge in [0.1, 0.15) is 9.79 Å². The summed E-state index contributed by atoms with van der Waals surface area (Å²) in [6.45, 7) is 0. The van der Waals surface area contributed by atoms with Gasteiger partial charge in [0.25, 0.3) is 20.0 Å². The zero-order valence-electron chi connectivity index (χ0n) is 7.91. The zero-order chi connectivity index (χ0) is 12.4. The first kappa shape index (κ1) is 13.0. The van der Waals surface area contributed by atoms with Crippen LogP contribution < -0.4 is 21.3 Å². The maximum absolute atomic E-state index is 11.4. The van der Waals surface area contributed by atoms with E-state index >= 15 is 0 Å². The predicted octanol–water partition coefficient (Wildman–Crippen LogP) is -2.01. The highest BCUT2D eigenvalue weighted by Gasteiger charge is 2.24. The number of nitrogens with one attached hydrogen (secondary N) is 2. The van der Waals surface area contributed by atoms with E-state index in [0.717, 1.165) is 12.1 Å². The molecule has 0 aliphatic carbocycles. The Hall–Kier alpha value is -1.04. The van der Waals surface area contributed by atoms with Crippen LogP contribution >= 0.6 is 0 Å². The second-order valence-corrected chi connectivity index (χ2v) is 6.05. The van der Waals surface area contributed by atoms with E-state index in [1.165, 1.54) is 21.8 Å². The van der Waals surface area contributed by atoms with Crippen LogP contribution in [-0.4, -0.2) is 16.8 Å². The maximum atomic E-state index is 11.4. The fourth-order valence-electron chi connectivity index (χ4n) is 1.02. The van der Waals surface area contributed by atoms with Gasteiger partial charge in [-0.25, -0.2) is 16.8 Å². The summed E-state index contributed by atoms with van der Waals surface area (Å²) in [7, 11) is -8.14. The monoisotopic (exact) mass is 266 g/mol. The Morgan fingerprint density at radius 3 is 1.38 bits per heavy atom. The van der Waals surface area contributed by atoms with Crippen LogP contribution in [0.25, 0.3) is 0 Å². The average molecular weight is 266 g/mol. The molecule has 6 N–H and O–H groups in total. The van der Waals surface area contributed by atoms with E-state index in [-0.39, 0.29) is 0 Å². The van der Waals surface area contributed by atoms with E-state index in [2.05, 4.69) is 0 Å². The lowest BCUT2D eigenvalue weighted by Crippen LogP contribution is -2.34. The molecular weight excluding hydrogens is 256 g/mol. The second kappa shape index (κ2) is 4.45. The lowest BCUT2D eigenvalue weighted by atomic mass is 10.4. The van der Waals surface area contributed by atoms with E-state index in [0.29, 0.717) is 0 Å². The van der Waals surface area contributed by atoms with Gasteiger partial charge in [0.15, 0.2) is 0 Å². The highest BCUT2D eigenvalue weighted by atomic mass is 32.2. The summed E-state index contributed by atoms with van der Waals surface area (Å²) in [6.07, 6.45) is 0. The average Bonchev–Trinajstić information content (AvgIpc) is 2.29. The van der Waals surface area contributed by atoms with Crippen molar-refractivity contribution in [1.29, 1.82) is 0 Å². The van der Waals surface area contributed by atoms with Crippen molar-refractivity contribution in [3.05, 3.63) is 24.3 Å². The highest BCUT2D eigenvalue weighted by Crippen LogP contribution is 2.19. The van der Waals surface area contributed by atoms with Gasteiger partial charge in [-0.2, -0.15) is 9.66 Å². The summed E-state index contributed by atoms with van der Waals surface area (Å²) in [6, 6.07) is 4.92. The van der Waals surface area contributed by atoms with E-state index in [9.17, 15) is 16.8 Å². The quantitative estimate of drug-likeness (QED) is 0.366. The van der Waals surface area contributed by atoms with Gasteiger partial charge in [-0.15, -0.1) is 0 Å². The molecular formula is C6H10N4O4S2. The van der Waals surface area contributed by atoms with Crippen molar-refractivity contribution >= 4 is 20.0 Å². The number of nitrogens with two attached hydrogens (primary N) is 2. The summed E-state index contributed by atoms with van der Waals surface area (Å²) in [5, 5.41) is 0. The topological polar surface area (TPSA) is 144 Å². The van der Waals surface area contributed by atoms with Crippen LogP contribution in [0.5, 0.6) is 0 Å². The third-order valence-corrected chi connectivity index (χ3v) is 4.36. The molecule has 1 aromatic carbocycles. The van der Waals surface area contributed by atoms with Crippen LogP contribution in [0.2, 0.25) is 0 Å². The minimum atomic E-state index is -4.07. The van der Waals surface area contributed by atoms with Crippen LogP contribution in [-0.2, 0) is 20.0 Å². The van der Waals surface area contributed by atoms with Crippen LogP contribution in [0.1, 0.15) is 0 Å². The number of benzene rings is 1. The summed E-state index contributed by atoms with van der Waals surface area (Å²) in [5.41, 5.74) is 0. The van der Waals surface area contributed by atoms with Crippen molar-refractivity contribution in [2.45, 2.75) is 9.79 Å². The van der Waals surface area contributed by atoms with Gasteiger partial charge in [-0.1, -0.05) is 12.1 Å².